The highest BCUT2D eigenvalue weighted by molar-refractivity contribution is 5.35. The normalized spacial score (nSPS) is 19.1. The van der Waals surface area contributed by atoms with Gasteiger partial charge in [0.15, 0.2) is 0 Å². The fraction of sp³-hybridized carbons (Fsp3) is 0.538. The molecule has 0 spiro atoms. The first-order valence-electron chi connectivity index (χ1n) is 5.83. The van der Waals surface area contributed by atoms with E-state index in [0.717, 1.165) is 24.0 Å². The Bertz CT molecular complexity index is 365. The van der Waals surface area contributed by atoms with Crippen molar-refractivity contribution in [1.82, 2.24) is 5.48 Å². The number of rotatable bonds is 4. The van der Waals surface area contributed by atoms with Gasteiger partial charge in [-0.3, -0.25) is 0 Å². The molecule has 88 valence electrons. The number of halogens is 1. The van der Waals surface area contributed by atoms with E-state index in [1.54, 1.807) is 6.07 Å². The molecule has 0 heterocycles. The lowest BCUT2D eigenvalue weighted by Gasteiger charge is -2.15. The van der Waals surface area contributed by atoms with Crippen molar-refractivity contribution in [3.63, 3.8) is 0 Å². The first-order valence-corrected chi connectivity index (χ1v) is 5.83. The number of fused-ring (bicyclic) bond motifs is 1. The Hall–Kier alpha value is -0.930. The van der Waals surface area contributed by atoms with Gasteiger partial charge in [-0.05, 0) is 36.0 Å². The predicted molar refractivity (Wildman–Crippen MR) is 61.4 cm³/mol. The molecule has 1 aromatic carbocycles. The molecule has 1 aromatic rings. The van der Waals surface area contributed by atoms with Gasteiger partial charge < -0.3 is 4.84 Å². The van der Waals surface area contributed by atoms with E-state index >= 15 is 0 Å². The second kappa shape index (κ2) is 4.93. The van der Waals surface area contributed by atoms with Gasteiger partial charge in [-0.2, -0.15) is 5.48 Å². The molecule has 0 fully saturated rings. The van der Waals surface area contributed by atoms with Gasteiger partial charge in [-0.15, -0.1) is 0 Å². The first-order chi connectivity index (χ1) is 7.68. The van der Waals surface area contributed by atoms with E-state index in [1.807, 2.05) is 6.07 Å². The largest absolute Gasteiger partial charge is 0.301 e. The van der Waals surface area contributed by atoms with Crippen LogP contribution in [-0.4, -0.2) is 6.61 Å². The molecule has 1 unspecified atom stereocenters. The summed E-state index contributed by atoms with van der Waals surface area (Å²) in [5, 5.41) is 0. The fourth-order valence-corrected chi connectivity index (χ4v) is 2.05. The molecule has 16 heavy (non-hydrogen) atoms. The molecule has 1 atom stereocenters. The maximum atomic E-state index is 13.4. The number of hydroxylamine groups is 1. The van der Waals surface area contributed by atoms with Crippen LogP contribution >= 0.6 is 0 Å². The molecule has 2 nitrogen and oxygen atoms in total. The molecule has 1 N–H and O–H groups in total. The van der Waals surface area contributed by atoms with Crippen LogP contribution in [0.5, 0.6) is 0 Å². The summed E-state index contributed by atoms with van der Waals surface area (Å²) in [5.41, 5.74) is 4.92. The Morgan fingerprint density at radius 3 is 3.06 bits per heavy atom. The highest BCUT2D eigenvalue weighted by Gasteiger charge is 2.24. The predicted octanol–water partition coefficient (Wildman–Crippen LogP) is 2.99. The van der Waals surface area contributed by atoms with Gasteiger partial charge in [0.25, 0.3) is 0 Å². The zero-order valence-electron chi connectivity index (χ0n) is 9.79. The lowest BCUT2D eigenvalue weighted by Crippen LogP contribution is -2.22. The highest BCUT2D eigenvalue weighted by atomic mass is 19.1. The maximum Gasteiger partial charge on any atom is 0.126 e. The molecule has 1 aliphatic carbocycles. The van der Waals surface area contributed by atoms with E-state index in [2.05, 4.69) is 19.3 Å². The molecular weight excluding hydrogens is 205 g/mol. The summed E-state index contributed by atoms with van der Waals surface area (Å²) in [5.74, 6) is 0.409. The third-order valence-electron chi connectivity index (χ3n) is 2.86. The molecule has 0 bridgehead atoms. The lowest BCUT2D eigenvalue weighted by molar-refractivity contribution is 0.000633. The standard InChI is InChI=1S/C13H18FNO/c1-9(2)8-16-15-13-7-6-10-11(13)4-3-5-12(10)14/h3-5,9,13,15H,6-8H2,1-2H3. The van der Waals surface area contributed by atoms with Crippen molar-refractivity contribution in [3.8, 4) is 0 Å². The van der Waals surface area contributed by atoms with E-state index in [0.29, 0.717) is 12.5 Å². The second-order valence-electron chi connectivity index (χ2n) is 4.72. The van der Waals surface area contributed by atoms with Crippen LogP contribution in [0, 0.1) is 11.7 Å². The van der Waals surface area contributed by atoms with E-state index < -0.39 is 0 Å². The number of nitrogens with one attached hydrogen (secondary N) is 1. The van der Waals surface area contributed by atoms with Crippen LogP contribution in [0.3, 0.4) is 0 Å². The molecule has 2 rings (SSSR count). The minimum absolute atomic E-state index is 0.0920. The highest BCUT2D eigenvalue weighted by Crippen LogP contribution is 2.32. The zero-order valence-corrected chi connectivity index (χ0v) is 9.79. The summed E-state index contributed by atoms with van der Waals surface area (Å²) in [7, 11) is 0. The third kappa shape index (κ3) is 2.42. The van der Waals surface area contributed by atoms with Crippen molar-refractivity contribution in [1.29, 1.82) is 0 Å². The van der Waals surface area contributed by atoms with Gasteiger partial charge >= 0.3 is 0 Å². The summed E-state index contributed by atoms with van der Waals surface area (Å²) in [4.78, 5) is 5.40. The quantitative estimate of drug-likeness (QED) is 0.792. The van der Waals surface area contributed by atoms with E-state index in [-0.39, 0.29) is 11.9 Å². The second-order valence-corrected chi connectivity index (χ2v) is 4.72. The average Bonchev–Trinajstić information content (AvgIpc) is 2.63. The molecule has 0 aromatic heterocycles. The van der Waals surface area contributed by atoms with E-state index in [9.17, 15) is 4.39 Å². The summed E-state index contributed by atoms with van der Waals surface area (Å²) < 4.78 is 13.4. The van der Waals surface area contributed by atoms with Crippen molar-refractivity contribution in [2.24, 2.45) is 5.92 Å². The average molecular weight is 223 g/mol. The molecule has 1 aliphatic rings. The molecular formula is C13H18FNO. The van der Waals surface area contributed by atoms with Crippen molar-refractivity contribution in [2.75, 3.05) is 6.61 Å². The Morgan fingerprint density at radius 2 is 2.31 bits per heavy atom. The number of hydrogen-bond acceptors (Lipinski definition) is 2. The topological polar surface area (TPSA) is 21.3 Å². The fourth-order valence-electron chi connectivity index (χ4n) is 2.05. The van der Waals surface area contributed by atoms with Crippen molar-refractivity contribution >= 4 is 0 Å². The van der Waals surface area contributed by atoms with Crippen molar-refractivity contribution < 1.29 is 9.23 Å². The summed E-state index contributed by atoms with van der Waals surface area (Å²) in [6.07, 6.45) is 1.71. The monoisotopic (exact) mass is 223 g/mol. The molecule has 0 saturated carbocycles. The van der Waals surface area contributed by atoms with Gasteiger partial charge in [0.2, 0.25) is 0 Å². The Labute approximate surface area is 95.8 Å². The van der Waals surface area contributed by atoms with Crippen molar-refractivity contribution in [3.05, 3.63) is 35.1 Å². The summed E-state index contributed by atoms with van der Waals surface area (Å²) >= 11 is 0. The Kier molecular flexibility index (Phi) is 3.56. The van der Waals surface area contributed by atoms with Crippen LogP contribution in [-0.2, 0) is 11.3 Å². The minimum atomic E-state index is -0.0920. The van der Waals surface area contributed by atoms with E-state index in [4.69, 9.17) is 4.84 Å². The van der Waals surface area contributed by atoms with Crippen LogP contribution in [0.25, 0.3) is 0 Å². The Balaban J connectivity index is 1.98. The van der Waals surface area contributed by atoms with Crippen LogP contribution in [0.4, 0.5) is 4.39 Å². The molecule has 0 radical (unpaired) electrons. The number of benzene rings is 1. The molecule has 0 aliphatic heterocycles. The van der Waals surface area contributed by atoms with Crippen LogP contribution < -0.4 is 5.48 Å². The van der Waals surface area contributed by atoms with Gasteiger partial charge in [0, 0.05) is 0 Å². The molecule has 3 heteroatoms. The first kappa shape index (κ1) is 11.6. The van der Waals surface area contributed by atoms with E-state index in [1.165, 1.54) is 6.07 Å². The van der Waals surface area contributed by atoms with Gasteiger partial charge in [-0.1, -0.05) is 26.0 Å². The molecule has 0 amide bonds. The SMILES string of the molecule is CC(C)CONC1CCc2c(F)cccc21. The minimum Gasteiger partial charge on any atom is -0.301 e. The number of hydrogen-bond donors (Lipinski definition) is 1. The van der Waals surface area contributed by atoms with Crippen LogP contribution in [0.15, 0.2) is 18.2 Å². The lowest BCUT2D eigenvalue weighted by atomic mass is 10.1. The smallest absolute Gasteiger partial charge is 0.126 e. The van der Waals surface area contributed by atoms with Crippen molar-refractivity contribution in [2.45, 2.75) is 32.7 Å². The van der Waals surface area contributed by atoms with Gasteiger partial charge in [0.05, 0.1) is 12.6 Å². The van der Waals surface area contributed by atoms with Crippen LogP contribution in [0.2, 0.25) is 0 Å². The molecule has 0 saturated heterocycles. The van der Waals surface area contributed by atoms with Gasteiger partial charge in [0.1, 0.15) is 5.82 Å². The summed E-state index contributed by atoms with van der Waals surface area (Å²) in [6, 6.07) is 5.40. The zero-order chi connectivity index (χ0) is 11.5. The third-order valence-corrected chi connectivity index (χ3v) is 2.86. The Morgan fingerprint density at radius 1 is 1.50 bits per heavy atom. The summed E-state index contributed by atoms with van der Waals surface area (Å²) in [6.45, 7) is 4.88. The van der Waals surface area contributed by atoms with Gasteiger partial charge in [-0.25, -0.2) is 4.39 Å². The maximum absolute atomic E-state index is 13.4. The van der Waals surface area contributed by atoms with Crippen LogP contribution in [0.1, 0.15) is 37.4 Å².